The van der Waals surface area contributed by atoms with Crippen molar-refractivity contribution in [3.8, 4) is 0 Å². The molecule has 1 saturated heterocycles. The number of nitrogens with zero attached hydrogens (tertiary/aromatic N) is 3. The molecule has 12 heteroatoms. The highest BCUT2D eigenvalue weighted by molar-refractivity contribution is 5.99. The fourth-order valence-corrected chi connectivity index (χ4v) is 4.66. The average molecular weight is 542 g/mol. The molecular formula is C27H32FN5O6. The van der Waals surface area contributed by atoms with Gasteiger partial charge in [0.1, 0.15) is 11.4 Å². The van der Waals surface area contributed by atoms with Gasteiger partial charge in [0, 0.05) is 43.4 Å². The van der Waals surface area contributed by atoms with Gasteiger partial charge in [0.15, 0.2) is 6.29 Å². The molecule has 0 aliphatic carbocycles. The SMILES string of the molecule is CC(C)(c1c(C(N)=O)c(=O)n(CCNC(=O)N2CCOCC2)c2cc(Cc3ccc(F)cc3)cnc12)C(O)O. The maximum absolute atomic E-state index is 13.7. The van der Waals surface area contributed by atoms with Gasteiger partial charge in [-0.15, -0.1) is 0 Å². The minimum Gasteiger partial charge on any atom is -0.378 e. The van der Waals surface area contributed by atoms with Gasteiger partial charge in [-0.3, -0.25) is 14.6 Å². The van der Waals surface area contributed by atoms with Crippen LogP contribution in [-0.2, 0) is 23.1 Å². The minimum atomic E-state index is -1.93. The molecule has 11 nitrogen and oxygen atoms in total. The lowest BCUT2D eigenvalue weighted by Gasteiger charge is -2.30. The number of nitrogens with two attached hydrogens (primary N) is 1. The van der Waals surface area contributed by atoms with Gasteiger partial charge in [-0.25, -0.2) is 9.18 Å². The van der Waals surface area contributed by atoms with Crippen LogP contribution in [0.15, 0.2) is 41.3 Å². The number of ether oxygens (including phenoxy) is 1. The van der Waals surface area contributed by atoms with Crippen molar-refractivity contribution in [1.82, 2.24) is 19.8 Å². The molecule has 39 heavy (non-hydrogen) atoms. The van der Waals surface area contributed by atoms with Crippen molar-refractivity contribution in [2.24, 2.45) is 5.73 Å². The molecule has 208 valence electrons. The van der Waals surface area contributed by atoms with E-state index in [2.05, 4.69) is 10.3 Å². The van der Waals surface area contributed by atoms with E-state index >= 15 is 0 Å². The highest BCUT2D eigenvalue weighted by atomic mass is 19.1. The Morgan fingerprint density at radius 1 is 1.18 bits per heavy atom. The number of pyridine rings is 2. The van der Waals surface area contributed by atoms with Gasteiger partial charge in [0.05, 0.1) is 24.2 Å². The highest BCUT2D eigenvalue weighted by Crippen LogP contribution is 2.33. The van der Waals surface area contributed by atoms with Crippen LogP contribution in [0.3, 0.4) is 0 Å². The zero-order chi connectivity index (χ0) is 28.3. The van der Waals surface area contributed by atoms with Gasteiger partial charge in [-0.1, -0.05) is 26.0 Å². The summed E-state index contributed by atoms with van der Waals surface area (Å²) in [4.78, 5) is 44.9. The molecule has 0 saturated carbocycles. The number of amides is 3. The fourth-order valence-electron chi connectivity index (χ4n) is 4.66. The summed E-state index contributed by atoms with van der Waals surface area (Å²) in [6.07, 6.45) is 0.00129. The third-order valence-corrected chi connectivity index (χ3v) is 6.93. The number of primary amides is 1. The van der Waals surface area contributed by atoms with Crippen LogP contribution in [0.25, 0.3) is 11.0 Å². The molecule has 4 rings (SSSR count). The Morgan fingerprint density at radius 3 is 2.46 bits per heavy atom. The standard InChI is InChI=1S/C27H32FN5O6/c1-27(2,25(36)37)21-20(23(29)34)24(35)33(8-7-30-26(38)32-9-11-39-12-10-32)19-14-17(15-31-22(19)21)13-16-3-5-18(28)6-4-16/h3-6,14-15,25,36-37H,7-13H2,1-2H3,(H2,29,34)(H,30,38). The van der Waals surface area contributed by atoms with Gasteiger partial charge >= 0.3 is 6.03 Å². The lowest BCUT2D eigenvalue weighted by Crippen LogP contribution is -2.47. The van der Waals surface area contributed by atoms with Crippen molar-refractivity contribution in [3.05, 3.63) is 75.0 Å². The second-order valence-corrected chi connectivity index (χ2v) is 10.0. The van der Waals surface area contributed by atoms with E-state index in [1.54, 1.807) is 29.3 Å². The lowest BCUT2D eigenvalue weighted by molar-refractivity contribution is -0.0888. The van der Waals surface area contributed by atoms with Crippen molar-refractivity contribution in [1.29, 1.82) is 0 Å². The van der Waals surface area contributed by atoms with Crippen LogP contribution in [-0.4, -0.2) is 75.7 Å². The number of hydrogen-bond donors (Lipinski definition) is 4. The maximum Gasteiger partial charge on any atom is 0.317 e. The number of morpholine rings is 1. The Balaban J connectivity index is 1.80. The van der Waals surface area contributed by atoms with Crippen molar-refractivity contribution < 1.29 is 28.9 Å². The topological polar surface area (TPSA) is 160 Å². The summed E-state index contributed by atoms with van der Waals surface area (Å²) >= 11 is 0. The summed E-state index contributed by atoms with van der Waals surface area (Å²) in [7, 11) is 0. The first kappa shape index (κ1) is 28.1. The molecule has 1 aliphatic heterocycles. The van der Waals surface area contributed by atoms with Crippen molar-refractivity contribution in [2.75, 3.05) is 32.8 Å². The Morgan fingerprint density at radius 2 is 1.85 bits per heavy atom. The van der Waals surface area contributed by atoms with Crippen LogP contribution in [0, 0.1) is 5.82 Å². The predicted octanol–water partition coefficient (Wildman–Crippen LogP) is 0.855. The second kappa shape index (κ2) is 11.5. The quantitative estimate of drug-likeness (QED) is 0.308. The van der Waals surface area contributed by atoms with Crippen molar-refractivity contribution in [3.63, 3.8) is 0 Å². The number of halogens is 1. The first-order valence-electron chi connectivity index (χ1n) is 12.6. The summed E-state index contributed by atoms with van der Waals surface area (Å²) < 4.78 is 20.0. The molecule has 0 unspecified atom stereocenters. The van der Waals surface area contributed by atoms with E-state index in [0.717, 1.165) is 5.56 Å². The first-order chi connectivity index (χ1) is 18.5. The molecule has 0 atom stereocenters. The molecule has 1 aromatic carbocycles. The highest BCUT2D eigenvalue weighted by Gasteiger charge is 2.37. The molecular weight excluding hydrogens is 509 g/mol. The van der Waals surface area contributed by atoms with E-state index < -0.39 is 28.7 Å². The summed E-state index contributed by atoms with van der Waals surface area (Å²) in [5.74, 6) is -1.40. The summed E-state index contributed by atoms with van der Waals surface area (Å²) in [6, 6.07) is 7.38. The first-order valence-corrected chi connectivity index (χ1v) is 12.6. The minimum absolute atomic E-state index is 0.00420. The van der Waals surface area contributed by atoms with Crippen molar-refractivity contribution in [2.45, 2.75) is 38.5 Å². The normalized spacial score (nSPS) is 14.2. The Labute approximate surface area is 224 Å². The van der Waals surface area contributed by atoms with Crippen LogP contribution >= 0.6 is 0 Å². The van der Waals surface area contributed by atoms with Crippen LogP contribution in [0.1, 0.15) is 40.9 Å². The molecule has 1 aliphatic rings. The Bertz CT molecular complexity index is 1430. The number of nitrogens with one attached hydrogen (secondary N) is 1. The summed E-state index contributed by atoms with van der Waals surface area (Å²) in [6.45, 7) is 4.78. The molecule has 3 heterocycles. The monoisotopic (exact) mass is 541 g/mol. The van der Waals surface area contributed by atoms with E-state index in [0.29, 0.717) is 43.8 Å². The van der Waals surface area contributed by atoms with Crippen LogP contribution in [0.4, 0.5) is 9.18 Å². The van der Waals surface area contributed by atoms with Gasteiger partial charge in [0.2, 0.25) is 0 Å². The Kier molecular flexibility index (Phi) is 8.28. The molecule has 1 fully saturated rings. The van der Waals surface area contributed by atoms with E-state index in [-0.39, 0.29) is 36.0 Å². The molecule has 0 bridgehead atoms. The van der Waals surface area contributed by atoms with E-state index in [1.807, 2.05) is 0 Å². The average Bonchev–Trinajstić information content (AvgIpc) is 2.90. The molecule has 3 aromatic rings. The molecule has 2 aromatic heterocycles. The number of carbonyl (C=O) groups is 2. The smallest absolute Gasteiger partial charge is 0.317 e. The van der Waals surface area contributed by atoms with Crippen LogP contribution < -0.4 is 16.6 Å². The number of aliphatic hydroxyl groups excluding tert-OH is 1. The van der Waals surface area contributed by atoms with Gasteiger partial charge in [-0.05, 0) is 35.7 Å². The summed E-state index contributed by atoms with van der Waals surface area (Å²) in [5, 5.41) is 23.0. The zero-order valence-corrected chi connectivity index (χ0v) is 21.8. The molecule has 0 radical (unpaired) electrons. The third kappa shape index (κ3) is 5.92. The number of urea groups is 1. The van der Waals surface area contributed by atoms with E-state index in [4.69, 9.17) is 10.5 Å². The predicted molar refractivity (Wildman–Crippen MR) is 141 cm³/mol. The Hall–Kier alpha value is -3.87. The number of hydrogen-bond acceptors (Lipinski definition) is 7. The van der Waals surface area contributed by atoms with Gasteiger partial charge in [0.25, 0.3) is 11.5 Å². The molecule has 3 amide bonds. The lowest BCUT2D eigenvalue weighted by atomic mass is 9.80. The maximum atomic E-state index is 13.7. The van der Waals surface area contributed by atoms with Crippen molar-refractivity contribution >= 4 is 23.0 Å². The second-order valence-electron chi connectivity index (χ2n) is 10.0. The number of fused-ring (bicyclic) bond motifs is 1. The number of aromatic nitrogens is 2. The van der Waals surface area contributed by atoms with E-state index in [1.165, 1.54) is 30.5 Å². The zero-order valence-electron chi connectivity index (χ0n) is 21.8. The van der Waals surface area contributed by atoms with Gasteiger partial charge < -0.3 is 35.5 Å². The van der Waals surface area contributed by atoms with Crippen LogP contribution in [0.5, 0.6) is 0 Å². The van der Waals surface area contributed by atoms with E-state index in [9.17, 15) is 29.0 Å². The summed E-state index contributed by atoms with van der Waals surface area (Å²) in [5.41, 5.74) is 5.06. The fraction of sp³-hybridized carbons (Fsp3) is 0.407. The molecule has 5 N–H and O–H groups in total. The largest absolute Gasteiger partial charge is 0.378 e. The third-order valence-electron chi connectivity index (χ3n) is 6.93. The van der Waals surface area contributed by atoms with Crippen LogP contribution in [0.2, 0.25) is 0 Å². The molecule has 0 spiro atoms. The number of carbonyl (C=O) groups excluding carboxylic acids is 2. The van der Waals surface area contributed by atoms with Gasteiger partial charge in [-0.2, -0.15) is 0 Å². The number of aliphatic hydroxyl groups is 2. The number of benzene rings is 1. The number of rotatable bonds is 8.